The van der Waals surface area contributed by atoms with Crippen LogP contribution in [0, 0.1) is 5.92 Å². The second kappa shape index (κ2) is 14.4. The summed E-state index contributed by atoms with van der Waals surface area (Å²) in [6, 6.07) is 0. The molecule has 0 unspecified atom stereocenters. The summed E-state index contributed by atoms with van der Waals surface area (Å²) >= 11 is 0. The molecule has 0 aromatic rings. The van der Waals surface area contributed by atoms with Gasteiger partial charge in [0.1, 0.15) is 0 Å². The Hall–Kier alpha value is -0.0800. The summed E-state index contributed by atoms with van der Waals surface area (Å²) in [4.78, 5) is 0. The van der Waals surface area contributed by atoms with Gasteiger partial charge in [0.05, 0.1) is 0 Å². The molecule has 0 aliphatic carbocycles. The van der Waals surface area contributed by atoms with E-state index < -0.39 is 0 Å². The molecule has 0 aromatic carbocycles. The van der Waals surface area contributed by atoms with E-state index in [0.29, 0.717) is 19.1 Å². The maximum atomic E-state index is 8.53. The van der Waals surface area contributed by atoms with Crippen molar-refractivity contribution >= 4 is 0 Å². The first kappa shape index (κ1) is 15.4. The van der Waals surface area contributed by atoms with E-state index in [2.05, 4.69) is 20.8 Å². The smallest absolute Gasteiger partial charge is 0.0459 e. The molecule has 82 valence electrons. The topological polar surface area (TPSA) is 40.5 Å². The van der Waals surface area contributed by atoms with Crippen molar-refractivity contribution < 1.29 is 10.2 Å². The Labute approximate surface area is 83.0 Å². The van der Waals surface area contributed by atoms with E-state index in [9.17, 15) is 0 Å². The van der Waals surface area contributed by atoms with Crippen LogP contribution in [0.4, 0.5) is 0 Å². The zero-order chi connectivity index (χ0) is 10.5. The van der Waals surface area contributed by atoms with E-state index in [0.717, 1.165) is 25.7 Å². The molecule has 0 saturated heterocycles. The molecule has 13 heavy (non-hydrogen) atoms. The summed E-state index contributed by atoms with van der Waals surface area (Å²) in [5.41, 5.74) is 0. The molecule has 2 N–H and O–H groups in total. The van der Waals surface area contributed by atoms with Crippen LogP contribution >= 0.6 is 0 Å². The Morgan fingerprint density at radius 1 is 0.923 bits per heavy atom. The molecule has 0 rings (SSSR count). The van der Waals surface area contributed by atoms with Gasteiger partial charge in [-0.2, -0.15) is 0 Å². The number of rotatable bonds is 6. The molecule has 0 bridgehead atoms. The third kappa shape index (κ3) is 14.7. The third-order valence-corrected chi connectivity index (χ3v) is 2.17. The largest absolute Gasteiger partial charge is 0.396 e. The van der Waals surface area contributed by atoms with Crippen LogP contribution in [0.2, 0.25) is 0 Å². The lowest BCUT2D eigenvalue weighted by Crippen LogP contribution is -2.01. The Morgan fingerprint density at radius 2 is 1.46 bits per heavy atom. The average Bonchev–Trinajstić information content (AvgIpc) is 2.18. The summed E-state index contributed by atoms with van der Waals surface area (Å²) in [6.45, 7) is 7.03. The highest BCUT2D eigenvalue weighted by Crippen LogP contribution is 2.03. The number of aliphatic hydroxyl groups is 2. The van der Waals surface area contributed by atoms with Gasteiger partial charge in [0.2, 0.25) is 0 Å². The van der Waals surface area contributed by atoms with Crippen molar-refractivity contribution in [3.63, 3.8) is 0 Å². The first-order valence-electron chi connectivity index (χ1n) is 5.48. The van der Waals surface area contributed by atoms with Gasteiger partial charge in [-0.3, -0.25) is 0 Å². The average molecular weight is 190 g/mol. The molecule has 0 radical (unpaired) electrons. The van der Waals surface area contributed by atoms with E-state index in [1.54, 1.807) is 0 Å². The van der Waals surface area contributed by atoms with Crippen molar-refractivity contribution in [2.45, 2.75) is 52.9 Å². The van der Waals surface area contributed by atoms with Gasteiger partial charge in [0, 0.05) is 13.2 Å². The van der Waals surface area contributed by atoms with Crippen LogP contribution in [0.25, 0.3) is 0 Å². The predicted molar refractivity (Wildman–Crippen MR) is 57.8 cm³/mol. The molecule has 2 heteroatoms. The second-order valence-electron chi connectivity index (χ2n) is 3.30. The number of hydrogen-bond donors (Lipinski definition) is 2. The summed E-state index contributed by atoms with van der Waals surface area (Å²) in [7, 11) is 0. The maximum absolute atomic E-state index is 8.53. The molecule has 0 amide bonds. The monoisotopic (exact) mass is 190 g/mol. The summed E-state index contributed by atoms with van der Waals surface area (Å²) in [5, 5.41) is 16.7. The minimum Gasteiger partial charge on any atom is -0.396 e. The van der Waals surface area contributed by atoms with Crippen LogP contribution in [0.15, 0.2) is 0 Å². The predicted octanol–water partition coefficient (Wildman–Crippen LogP) is 2.58. The van der Waals surface area contributed by atoms with Gasteiger partial charge in [-0.15, -0.1) is 0 Å². The van der Waals surface area contributed by atoms with Gasteiger partial charge < -0.3 is 10.2 Å². The first-order valence-corrected chi connectivity index (χ1v) is 5.48. The number of unbranched alkanes of at least 4 members (excludes halogenated alkanes) is 2. The van der Waals surface area contributed by atoms with Crippen molar-refractivity contribution in [3.05, 3.63) is 0 Å². The maximum Gasteiger partial charge on any atom is 0.0459 e. The molecule has 0 aromatic heterocycles. The van der Waals surface area contributed by atoms with Crippen molar-refractivity contribution in [3.8, 4) is 0 Å². The molecular weight excluding hydrogens is 164 g/mol. The van der Waals surface area contributed by atoms with Gasteiger partial charge in [0.15, 0.2) is 0 Å². The van der Waals surface area contributed by atoms with Crippen LogP contribution < -0.4 is 0 Å². The van der Waals surface area contributed by atoms with Crippen LogP contribution in [0.5, 0.6) is 0 Å². The first-order chi connectivity index (χ1) is 6.26. The van der Waals surface area contributed by atoms with Gasteiger partial charge in [-0.05, 0) is 12.3 Å². The van der Waals surface area contributed by atoms with E-state index >= 15 is 0 Å². The molecule has 2 nitrogen and oxygen atoms in total. The van der Waals surface area contributed by atoms with Crippen LogP contribution in [0.1, 0.15) is 52.9 Å². The van der Waals surface area contributed by atoms with E-state index in [1.807, 2.05) is 0 Å². The minimum atomic E-state index is 0.354. The quantitative estimate of drug-likeness (QED) is 0.632. The van der Waals surface area contributed by atoms with Crippen molar-refractivity contribution in [1.29, 1.82) is 0 Å². The van der Waals surface area contributed by atoms with Crippen LogP contribution in [0.3, 0.4) is 0 Å². The lowest BCUT2D eigenvalue weighted by molar-refractivity contribution is 0.219. The molecule has 0 aliphatic rings. The second-order valence-corrected chi connectivity index (χ2v) is 3.30. The van der Waals surface area contributed by atoms with Gasteiger partial charge in [0.25, 0.3) is 0 Å². The van der Waals surface area contributed by atoms with Gasteiger partial charge >= 0.3 is 0 Å². The van der Waals surface area contributed by atoms with Crippen molar-refractivity contribution in [2.24, 2.45) is 5.92 Å². The highest BCUT2D eigenvalue weighted by atomic mass is 16.3. The Balaban J connectivity index is 0. The Bertz CT molecular complexity index is 61.0. The molecule has 0 spiro atoms. The summed E-state index contributed by atoms with van der Waals surface area (Å²) < 4.78 is 0. The van der Waals surface area contributed by atoms with Gasteiger partial charge in [-0.1, -0.05) is 46.5 Å². The summed E-state index contributed by atoms with van der Waals surface area (Å²) in [5.74, 6) is 0.542. The summed E-state index contributed by atoms with van der Waals surface area (Å²) in [6.07, 6.45) is 5.54. The molecule has 0 heterocycles. The van der Waals surface area contributed by atoms with Crippen molar-refractivity contribution in [1.82, 2.24) is 0 Å². The zero-order valence-corrected chi connectivity index (χ0v) is 9.42. The molecular formula is C11H26O2. The normalized spacial score (nSPS) is 9.69. The zero-order valence-electron chi connectivity index (χ0n) is 9.42. The SMILES string of the molecule is CCC(CC)CO.CCCCCO. The van der Waals surface area contributed by atoms with Crippen molar-refractivity contribution in [2.75, 3.05) is 13.2 Å². The standard InChI is InChI=1S/C6H14O.C5H12O/c1-3-6(4-2)5-7;1-2-3-4-5-6/h6-7H,3-5H2,1-2H3;6H,2-5H2,1H3. The lowest BCUT2D eigenvalue weighted by Gasteiger charge is -2.04. The van der Waals surface area contributed by atoms with Gasteiger partial charge in [-0.25, -0.2) is 0 Å². The van der Waals surface area contributed by atoms with Crippen LogP contribution in [-0.2, 0) is 0 Å². The highest BCUT2D eigenvalue weighted by molar-refractivity contribution is 4.48. The highest BCUT2D eigenvalue weighted by Gasteiger charge is 1.97. The van der Waals surface area contributed by atoms with E-state index in [1.165, 1.54) is 6.42 Å². The number of aliphatic hydroxyl groups excluding tert-OH is 2. The molecule has 0 atom stereocenters. The minimum absolute atomic E-state index is 0.354. The number of hydrogen-bond acceptors (Lipinski definition) is 2. The molecule has 0 aliphatic heterocycles. The van der Waals surface area contributed by atoms with E-state index in [-0.39, 0.29) is 0 Å². The molecule has 0 fully saturated rings. The third-order valence-electron chi connectivity index (χ3n) is 2.17. The fraction of sp³-hybridized carbons (Fsp3) is 1.00. The Morgan fingerprint density at radius 3 is 1.54 bits per heavy atom. The lowest BCUT2D eigenvalue weighted by atomic mass is 10.1. The Kier molecular flexibility index (Phi) is 17.1. The fourth-order valence-corrected chi connectivity index (χ4v) is 0.909. The fourth-order valence-electron chi connectivity index (χ4n) is 0.909. The van der Waals surface area contributed by atoms with E-state index in [4.69, 9.17) is 10.2 Å². The van der Waals surface area contributed by atoms with Crippen LogP contribution in [-0.4, -0.2) is 23.4 Å². The molecule has 0 saturated carbocycles.